The van der Waals surface area contributed by atoms with E-state index in [9.17, 15) is 0 Å². The number of hydrogen-bond acceptors (Lipinski definition) is 2. The summed E-state index contributed by atoms with van der Waals surface area (Å²) in [6.07, 6.45) is 0. The number of furan rings is 1. The highest BCUT2D eigenvalue weighted by Gasteiger charge is 2.21. The lowest BCUT2D eigenvalue weighted by molar-refractivity contribution is 0.673. The number of benzene rings is 7. The van der Waals surface area contributed by atoms with Crippen molar-refractivity contribution in [2.45, 2.75) is 0 Å². The number of fused-ring (bicyclic) bond motifs is 7. The van der Waals surface area contributed by atoms with Gasteiger partial charge in [0, 0.05) is 32.6 Å². The molecule has 38 heavy (non-hydrogen) atoms. The quantitative estimate of drug-likeness (QED) is 0.247. The maximum absolute atomic E-state index is 6.57. The summed E-state index contributed by atoms with van der Waals surface area (Å²) in [6, 6.07) is 49.6. The zero-order valence-corrected chi connectivity index (χ0v) is 20.6. The van der Waals surface area contributed by atoms with Gasteiger partial charge in [-0.3, -0.25) is 0 Å². The molecule has 2 heteroatoms. The lowest BCUT2D eigenvalue weighted by Gasteiger charge is -2.28. The molecule has 7 aromatic carbocycles. The van der Waals surface area contributed by atoms with E-state index in [2.05, 4.69) is 144 Å². The Kier molecular flexibility index (Phi) is 4.55. The van der Waals surface area contributed by atoms with Crippen molar-refractivity contribution in [3.05, 3.63) is 140 Å². The summed E-state index contributed by atoms with van der Waals surface area (Å²) < 4.78 is 6.57. The molecule has 0 unspecified atom stereocenters. The highest BCUT2D eigenvalue weighted by Crippen LogP contribution is 2.46. The molecular formula is C36H23NO. The number of nitrogens with zero attached hydrogens (tertiary/aromatic N) is 1. The molecule has 0 N–H and O–H groups in total. The first-order chi connectivity index (χ1) is 18.8. The average Bonchev–Trinajstić information content (AvgIpc) is 3.34. The molecule has 0 aliphatic heterocycles. The van der Waals surface area contributed by atoms with Crippen LogP contribution in [0.1, 0.15) is 0 Å². The van der Waals surface area contributed by atoms with Crippen LogP contribution in [0.25, 0.3) is 54.3 Å². The first-order valence-corrected chi connectivity index (χ1v) is 12.9. The molecule has 8 rings (SSSR count). The van der Waals surface area contributed by atoms with Gasteiger partial charge in [0.2, 0.25) is 0 Å². The van der Waals surface area contributed by atoms with Gasteiger partial charge >= 0.3 is 0 Å². The first kappa shape index (κ1) is 21.0. The molecule has 0 fully saturated rings. The normalized spacial score (nSPS) is 11.7. The van der Waals surface area contributed by atoms with Crippen LogP contribution in [0.15, 0.2) is 144 Å². The maximum atomic E-state index is 6.57. The van der Waals surface area contributed by atoms with E-state index >= 15 is 0 Å². The van der Waals surface area contributed by atoms with Gasteiger partial charge in [-0.2, -0.15) is 0 Å². The zero-order chi connectivity index (χ0) is 25.1. The fourth-order valence-electron chi connectivity index (χ4n) is 5.84. The van der Waals surface area contributed by atoms with Gasteiger partial charge in [0.05, 0.1) is 11.4 Å². The predicted molar refractivity (Wildman–Crippen MR) is 161 cm³/mol. The Labute approximate surface area is 220 Å². The SMILES string of the molecule is c1ccc(N(c2cccc3ccccc23)c2cc3c4cc5ccccc5cc4oc3c3ccccc23)cc1. The van der Waals surface area contributed by atoms with Gasteiger partial charge in [-0.05, 0) is 52.6 Å². The summed E-state index contributed by atoms with van der Waals surface area (Å²) in [4.78, 5) is 2.39. The molecule has 0 bridgehead atoms. The van der Waals surface area contributed by atoms with E-state index in [1.807, 2.05) is 0 Å². The second kappa shape index (κ2) is 8.22. The van der Waals surface area contributed by atoms with Crippen molar-refractivity contribution in [1.82, 2.24) is 0 Å². The number of rotatable bonds is 3. The lowest BCUT2D eigenvalue weighted by Crippen LogP contribution is -2.11. The highest BCUT2D eigenvalue weighted by molar-refractivity contribution is 6.21. The summed E-state index contributed by atoms with van der Waals surface area (Å²) in [5.41, 5.74) is 5.24. The van der Waals surface area contributed by atoms with E-state index in [1.165, 1.54) is 21.5 Å². The topological polar surface area (TPSA) is 16.4 Å². The number of hydrogen-bond donors (Lipinski definition) is 0. The van der Waals surface area contributed by atoms with Crippen LogP contribution >= 0.6 is 0 Å². The number of para-hydroxylation sites is 1. The molecule has 0 atom stereocenters. The van der Waals surface area contributed by atoms with Crippen molar-refractivity contribution >= 4 is 71.3 Å². The Morgan fingerprint density at radius 3 is 1.84 bits per heavy atom. The maximum Gasteiger partial charge on any atom is 0.143 e. The van der Waals surface area contributed by atoms with Crippen LogP contribution in [-0.2, 0) is 0 Å². The summed E-state index contributed by atoms with van der Waals surface area (Å²) in [7, 11) is 0. The zero-order valence-electron chi connectivity index (χ0n) is 20.6. The first-order valence-electron chi connectivity index (χ1n) is 12.9. The molecule has 8 aromatic rings. The van der Waals surface area contributed by atoms with Crippen molar-refractivity contribution in [3.63, 3.8) is 0 Å². The third-order valence-electron chi connectivity index (χ3n) is 7.59. The molecule has 0 spiro atoms. The van der Waals surface area contributed by atoms with Crippen LogP contribution in [0.4, 0.5) is 17.1 Å². The molecule has 178 valence electrons. The van der Waals surface area contributed by atoms with Gasteiger partial charge < -0.3 is 9.32 Å². The van der Waals surface area contributed by atoms with Crippen LogP contribution in [0, 0.1) is 0 Å². The summed E-state index contributed by atoms with van der Waals surface area (Å²) >= 11 is 0. The smallest absolute Gasteiger partial charge is 0.143 e. The highest BCUT2D eigenvalue weighted by atomic mass is 16.3. The van der Waals surface area contributed by atoms with E-state index in [0.29, 0.717) is 0 Å². The number of anilines is 3. The van der Waals surface area contributed by atoms with Gasteiger partial charge in [0.1, 0.15) is 11.2 Å². The van der Waals surface area contributed by atoms with E-state index in [4.69, 9.17) is 4.42 Å². The van der Waals surface area contributed by atoms with Crippen LogP contribution in [0.3, 0.4) is 0 Å². The van der Waals surface area contributed by atoms with E-state index in [0.717, 1.165) is 49.8 Å². The minimum Gasteiger partial charge on any atom is -0.455 e. The molecule has 0 radical (unpaired) electrons. The summed E-state index contributed by atoms with van der Waals surface area (Å²) in [5.74, 6) is 0. The molecule has 1 heterocycles. The molecule has 0 aliphatic carbocycles. The van der Waals surface area contributed by atoms with Crippen LogP contribution in [-0.4, -0.2) is 0 Å². The molecule has 0 saturated heterocycles. The van der Waals surface area contributed by atoms with Gasteiger partial charge in [0.25, 0.3) is 0 Å². The largest absolute Gasteiger partial charge is 0.455 e. The predicted octanol–water partition coefficient (Wildman–Crippen LogP) is 10.5. The third-order valence-corrected chi connectivity index (χ3v) is 7.59. The van der Waals surface area contributed by atoms with E-state index in [-0.39, 0.29) is 0 Å². The average molecular weight is 486 g/mol. The Bertz CT molecular complexity index is 2130. The van der Waals surface area contributed by atoms with Gasteiger partial charge in [-0.15, -0.1) is 0 Å². The Hall–Kier alpha value is -5.08. The van der Waals surface area contributed by atoms with Crippen molar-refractivity contribution in [2.75, 3.05) is 4.90 Å². The summed E-state index contributed by atoms with van der Waals surface area (Å²) in [6.45, 7) is 0. The van der Waals surface area contributed by atoms with Crippen molar-refractivity contribution in [3.8, 4) is 0 Å². The molecule has 1 aromatic heterocycles. The van der Waals surface area contributed by atoms with Crippen LogP contribution in [0.2, 0.25) is 0 Å². The summed E-state index contributed by atoms with van der Waals surface area (Å²) in [5, 5.41) is 9.36. The third kappa shape index (κ3) is 3.14. The molecule has 0 saturated carbocycles. The molecular weight excluding hydrogens is 462 g/mol. The standard InChI is InChI=1S/C36H23NO/c1-2-15-27(16-3-1)37(33-20-10-14-24-11-6-7-17-28(24)33)34-23-32-31-21-25-12-4-5-13-26(25)22-35(31)38-36(32)30-19-9-8-18-29(30)34/h1-23H. The van der Waals surface area contributed by atoms with E-state index in [1.54, 1.807) is 0 Å². The molecule has 2 nitrogen and oxygen atoms in total. The molecule has 0 amide bonds. The van der Waals surface area contributed by atoms with Crippen molar-refractivity contribution < 1.29 is 4.42 Å². The fraction of sp³-hybridized carbons (Fsp3) is 0. The lowest BCUT2D eigenvalue weighted by atomic mass is 10.00. The minimum atomic E-state index is 0.914. The monoisotopic (exact) mass is 485 g/mol. The fourth-order valence-corrected chi connectivity index (χ4v) is 5.84. The van der Waals surface area contributed by atoms with Gasteiger partial charge in [-0.25, -0.2) is 0 Å². The molecule has 0 aliphatic rings. The van der Waals surface area contributed by atoms with Gasteiger partial charge in [0.15, 0.2) is 0 Å². The Balaban J connectivity index is 1.52. The van der Waals surface area contributed by atoms with Crippen molar-refractivity contribution in [1.29, 1.82) is 0 Å². The van der Waals surface area contributed by atoms with Crippen LogP contribution < -0.4 is 4.90 Å². The van der Waals surface area contributed by atoms with Crippen LogP contribution in [0.5, 0.6) is 0 Å². The Morgan fingerprint density at radius 1 is 0.395 bits per heavy atom. The van der Waals surface area contributed by atoms with E-state index < -0.39 is 0 Å². The van der Waals surface area contributed by atoms with Gasteiger partial charge in [-0.1, -0.05) is 103 Å². The minimum absolute atomic E-state index is 0.914. The van der Waals surface area contributed by atoms with Crippen molar-refractivity contribution in [2.24, 2.45) is 0 Å². The second-order valence-electron chi connectivity index (χ2n) is 9.78. The second-order valence-corrected chi connectivity index (χ2v) is 9.78. The Morgan fingerprint density at radius 2 is 1.03 bits per heavy atom.